The van der Waals surface area contributed by atoms with Gasteiger partial charge in [0.25, 0.3) is 10.0 Å². The SMILES string of the molecule is CC[C@H](C)[C@H](N=C1NS(=O)(=O)c2ccccc21)C(=O)Nc1cccc(NC(=O)OCC(C)C)c1. The van der Waals surface area contributed by atoms with Gasteiger partial charge in [0.2, 0.25) is 5.91 Å². The van der Waals surface area contributed by atoms with Crippen LogP contribution in [0.2, 0.25) is 0 Å². The minimum absolute atomic E-state index is 0.139. The third-order valence-electron chi connectivity index (χ3n) is 5.31. The minimum atomic E-state index is -3.71. The number of anilines is 2. The topological polar surface area (TPSA) is 126 Å². The van der Waals surface area contributed by atoms with Gasteiger partial charge >= 0.3 is 6.09 Å². The first-order valence-corrected chi connectivity index (χ1v) is 12.6. The Morgan fingerprint density at radius 3 is 2.38 bits per heavy atom. The quantitative estimate of drug-likeness (QED) is 0.520. The Morgan fingerprint density at radius 1 is 1.03 bits per heavy atom. The van der Waals surface area contributed by atoms with E-state index in [-0.39, 0.29) is 28.5 Å². The summed E-state index contributed by atoms with van der Waals surface area (Å²) < 4.78 is 32.4. The summed E-state index contributed by atoms with van der Waals surface area (Å²) in [4.78, 5) is 29.8. The zero-order valence-electron chi connectivity index (χ0n) is 19.7. The number of amides is 2. The normalized spacial score (nSPS) is 16.9. The molecule has 10 heteroatoms. The summed E-state index contributed by atoms with van der Waals surface area (Å²) in [5.41, 5.74) is 1.37. The highest BCUT2D eigenvalue weighted by Gasteiger charge is 2.33. The lowest BCUT2D eigenvalue weighted by molar-refractivity contribution is -0.118. The molecule has 0 aliphatic carbocycles. The van der Waals surface area contributed by atoms with Crippen molar-refractivity contribution >= 4 is 39.2 Å². The largest absolute Gasteiger partial charge is 0.449 e. The molecule has 3 rings (SSSR count). The number of amidine groups is 1. The average Bonchev–Trinajstić information content (AvgIpc) is 3.05. The van der Waals surface area contributed by atoms with Gasteiger partial charge in [-0.25, -0.2) is 13.2 Å². The number of hydrogen-bond donors (Lipinski definition) is 3. The van der Waals surface area contributed by atoms with E-state index < -0.39 is 22.2 Å². The first kappa shape index (κ1) is 25.2. The third kappa shape index (κ3) is 6.13. The Bertz CT molecular complexity index is 1190. The molecular weight excluding hydrogens is 456 g/mol. The fraction of sp³-hybridized carbons (Fsp3) is 0.375. The van der Waals surface area contributed by atoms with Crippen molar-refractivity contribution in [3.05, 3.63) is 54.1 Å². The number of nitrogens with zero attached hydrogens (tertiary/aromatic N) is 1. The molecule has 0 aromatic heterocycles. The van der Waals surface area contributed by atoms with E-state index in [0.717, 1.165) is 0 Å². The molecule has 1 aliphatic heterocycles. The number of carbonyl (C=O) groups is 2. The number of rotatable bonds is 8. The Hall–Kier alpha value is -3.40. The molecule has 0 unspecified atom stereocenters. The van der Waals surface area contributed by atoms with Crippen molar-refractivity contribution in [3.63, 3.8) is 0 Å². The predicted molar refractivity (Wildman–Crippen MR) is 131 cm³/mol. The third-order valence-corrected chi connectivity index (χ3v) is 6.70. The van der Waals surface area contributed by atoms with Crippen LogP contribution in [-0.4, -0.2) is 38.9 Å². The van der Waals surface area contributed by atoms with Gasteiger partial charge in [0.05, 0.1) is 11.5 Å². The Labute approximate surface area is 200 Å². The smallest absolute Gasteiger partial charge is 0.411 e. The van der Waals surface area contributed by atoms with Gasteiger partial charge in [0.1, 0.15) is 11.9 Å². The van der Waals surface area contributed by atoms with Gasteiger partial charge in [-0.3, -0.25) is 19.8 Å². The second-order valence-electron chi connectivity index (χ2n) is 8.60. The maximum absolute atomic E-state index is 13.2. The molecule has 0 spiro atoms. The summed E-state index contributed by atoms with van der Waals surface area (Å²) in [6, 6.07) is 12.4. The number of carbonyl (C=O) groups excluding carboxylic acids is 2. The molecule has 1 heterocycles. The molecular formula is C24H30N4O5S. The molecule has 0 radical (unpaired) electrons. The van der Waals surface area contributed by atoms with Crippen molar-refractivity contribution in [2.24, 2.45) is 16.8 Å². The van der Waals surface area contributed by atoms with Gasteiger partial charge in [-0.15, -0.1) is 0 Å². The fourth-order valence-electron chi connectivity index (χ4n) is 3.32. The van der Waals surface area contributed by atoms with Gasteiger partial charge in [-0.1, -0.05) is 52.3 Å². The van der Waals surface area contributed by atoms with E-state index in [0.29, 0.717) is 30.0 Å². The number of nitrogens with one attached hydrogen (secondary N) is 3. The summed E-state index contributed by atoms with van der Waals surface area (Å²) in [5.74, 6) is -0.173. The molecule has 3 N–H and O–H groups in total. The molecule has 182 valence electrons. The van der Waals surface area contributed by atoms with Crippen LogP contribution >= 0.6 is 0 Å². The van der Waals surface area contributed by atoms with Crippen LogP contribution in [0.15, 0.2) is 58.4 Å². The second-order valence-corrected chi connectivity index (χ2v) is 10.2. The monoisotopic (exact) mass is 486 g/mol. The number of hydrogen-bond acceptors (Lipinski definition) is 6. The molecule has 2 amide bonds. The summed E-state index contributed by atoms with van der Waals surface area (Å²) in [6.07, 6.45) is 0.0836. The van der Waals surface area contributed by atoms with Crippen LogP contribution in [-0.2, 0) is 19.6 Å². The van der Waals surface area contributed by atoms with E-state index in [9.17, 15) is 18.0 Å². The van der Waals surface area contributed by atoms with Gasteiger partial charge < -0.3 is 10.1 Å². The van der Waals surface area contributed by atoms with E-state index in [1.54, 1.807) is 42.5 Å². The van der Waals surface area contributed by atoms with Crippen LogP contribution < -0.4 is 15.4 Å². The zero-order valence-corrected chi connectivity index (χ0v) is 20.5. The van der Waals surface area contributed by atoms with Gasteiger partial charge in [-0.05, 0) is 42.2 Å². The van der Waals surface area contributed by atoms with Gasteiger partial charge in [-0.2, -0.15) is 0 Å². The highest BCUT2D eigenvalue weighted by Crippen LogP contribution is 2.25. The summed E-state index contributed by atoms with van der Waals surface area (Å²) in [7, 11) is -3.71. The highest BCUT2D eigenvalue weighted by molar-refractivity contribution is 7.90. The Morgan fingerprint density at radius 2 is 1.71 bits per heavy atom. The highest BCUT2D eigenvalue weighted by atomic mass is 32.2. The molecule has 9 nitrogen and oxygen atoms in total. The number of benzene rings is 2. The fourth-order valence-corrected chi connectivity index (χ4v) is 4.56. The van der Waals surface area contributed by atoms with Crippen molar-refractivity contribution in [3.8, 4) is 0 Å². The molecule has 1 aliphatic rings. The lowest BCUT2D eigenvalue weighted by atomic mass is 9.98. The number of aliphatic imine (C=N–C) groups is 1. The molecule has 0 fully saturated rings. The maximum Gasteiger partial charge on any atom is 0.411 e. The van der Waals surface area contributed by atoms with Crippen molar-refractivity contribution in [1.82, 2.24) is 4.72 Å². The van der Waals surface area contributed by atoms with Crippen molar-refractivity contribution in [1.29, 1.82) is 0 Å². The number of fused-ring (bicyclic) bond motifs is 1. The lowest BCUT2D eigenvalue weighted by Gasteiger charge is -2.19. The standard InChI is InChI=1S/C24H30N4O5S/c1-5-16(4)21(27-22-19-11-6-7-12-20(19)34(31,32)28-22)23(29)25-17-9-8-10-18(13-17)26-24(30)33-14-15(2)3/h6-13,15-16,21H,5,14H2,1-4H3,(H,25,29)(H,26,30)(H,27,28)/t16-,21-/m0/s1. The van der Waals surface area contributed by atoms with Crippen LogP contribution in [0.25, 0.3) is 0 Å². The van der Waals surface area contributed by atoms with Crippen LogP contribution in [0, 0.1) is 11.8 Å². The van der Waals surface area contributed by atoms with E-state index >= 15 is 0 Å². The van der Waals surface area contributed by atoms with E-state index in [1.165, 1.54) is 6.07 Å². The van der Waals surface area contributed by atoms with Crippen LogP contribution in [0.4, 0.5) is 16.2 Å². The summed E-state index contributed by atoms with van der Waals surface area (Å²) in [6.45, 7) is 7.99. The van der Waals surface area contributed by atoms with Crippen molar-refractivity contribution in [2.75, 3.05) is 17.2 Å². The second kappa shape index (κ2) is 10.7. The molecule has 2 aromatic carbocycles. The molecule has 0 saturated heterocycles. The molecule has 2 aromatic rings. The first-order valence-electron chi connectivity index (χ1n) is 11.2. The van der Waals surface area contributed by atoms with Crippen molar-refractivity contribution in [2.45, 2.75) is 45.1 Å². The predicted octanol–water partition coefficient (Wildman–Crippen LogP) is 3.98. The molecule has 2 atom stereocenters. The van der Waals surface area contributed by atoms with Crippen molar-refractivity contribution < 1.29 is 22.7 Å². The van der Waals surface area contributed by atoms with E-state index in [2.05, 4.69) is 20.3 Å². The van der Waals surface area contributed by atoms with E-state index in [1.807, 2.05) is 27.7 Å². The van der Waals surface area contributed by atoms with Crippen LogP contribution in [0.3, 0.4) is 0 Å². The lowest BCUT2D eigenvalue weighted by Crippen LogP contribution is -2.34. The first-order chi connectivity index (χ1) is 16.1. The van der Waals surface area contributed by atoms with Gasteiger partial charge in [0, 0.05) is 16.9 Å². The molecule has 0 bridgehead atoms. The van der Waals surface area contributed by atoms with Crippen LogP contribution in [0.5, 0.6) is 0 Å². The Kier molecular flexibility index (Phi) is 7.93. The molecule has 34 heavy (non-hydrogen) atoms. The number of sulfonamides is 1. The van der Waals surface area contributed by atoms with Crippen LogP contribution in [0.1, 0.15) is 39.7 Å². The summed E-state index contributed by atoms with van der Waals surface area (Å²) >= 11 is 0. The summed E-state index contributed by atoms with van der Waals surface area (Å²) in [5, 5.41) is 5.46. The minimum Gasteiger partial charge on any atom is -0.449 e. The van der Waals surface area contributed by atoms with Gasteiger partial charge in [0.15, 0.2) is 0 Å². The zero-order chi connectivity index (χ0) is 24.9. The average molecular weight is 487 g/mol. The Balaban J connectivity index is 1.79. The molecule has 0 saturated carbocycles. The van der Waals surface area contributed by atoms with E-state index in [4.69, 9.17) is 4.74 Å². The number of ether oxygens (including phenoxy) is 1. The maximum atomic E-state index is 13.2.